The highest BCUT2D eigenvalue weighted by Gasteiger charge is 2.35. The second-order valence-electron chi connectivity index (χ2n) is 5.43. The van der Waals surface area contributed by atoms with Gasteiger partial charge in [-0.3, -0.25) is 4.79 Å². The monoisotopic (exact) mass is 429 g/mol. The van der Waals surface area contributed by atoms with Crippen LogP contribution in [0.1, 0.15) is 21.5 Å². The van der Waals surface area contributed by atoms with Gasteiger partial charge < -0.3 is 10.1 Å². The highest BCUT2D eigenvalue weighted by atomic mass is 79.9. The Balaban J connectivity index is 2.26. The van der Waals surface area contributed by atoms with Crippen LogP contribution in [0.3, 0.4) is 0 Å². The summed E-state index contributed by atoms with van der Waals surface area (Å²) in [4.78, 5) is 24.4. The number of alkyl halides is 3. The first kappa shape index (κ1) is 20.0. The SMILES string of the molecule is COC(=O)[C@@H](Cc1cccc(Br)c1)NC(=O)c1ccccc1C(F)(F)F. The number of carbonyl (C=O) groups is 2. The first-order chi connectivity index (χ1) is 12.2. The Bertz CT molecular complexity index is 808. The molecule has 0 saturated carbocycles. The molecule has 26 heavy (non-hydrogen) atoms. The maximum Gasteiger partial charge on any atom is 0.417 e. The number of hydrogen-bond acceptors (Lipinski definition) is 3. The van der Waals surface area contributed by atoms with E-state index in [9.17, 15) is 22.8 Å². The van der Waals surface area contributed by atoms with Crippen LogP contribution in [-0.4, -0.2) is 25.0 Å². The first-order valence-corrected chi connectivity index (χ1v) is 8.31. The Labute approximate surface area is 156 Å². The van der Waals surface area contributed by atoms with Gasteiger partial charge in [-0.2, -0.15) is 13.2 Å². The third kappa shape index (κ3) is 5.08. The molecule has 1 N–H and O–H groups in total. The summed E-state index contributed by atoms with van der Waals surface area (Å²) in [7, 11) is 1.14. The Hall–Kier alpha value is -2.35. The molecule has 138 valence electrons. The molecule has 0 aromatic heterocycles. The van der Waals surface area contributed by atoms with Crippen LogP contribution in [0.5, 0.6) is 0 Å². The van der Waals surface area contributed by atoms with Gasteiger partial charge in [0.2, 0.25) is 0 Å². The van der Waals surface area contributed by atoms with Crippen LogP contribution in [0.4, 0.5) is 13.2 Å². The molecule has 0 fully saturated rings. The number of ether oxygens (including phenoxy) is 1. The molecular formula is C18H15BrF3NO3. The average molecular weight is 430 g/mol. The van der Waals surface area contributed by atoms with Crippen molar-refractivity contribution >= 4 is 27.8 Å². The van der Waals surface area contributed by atoms with Crippen molar-refractivity contribution < 1.29 is 27.5 Å². The summed E-state index contributed by atoms with van der Waals surface area (Å²) in [6.45, 7) is 0. The smallest absolute Gasteiger partial charge is 0.417 e. The fourth-order valence-corrected chi connectivity index (χ4v) is 2.85. The van der Waals surface area contributed by atoms with Gasteiger partial charge in [-0.25, -0.2) is 4.79 Å². The number of benzene rings is 2. The van der Waals surface area contributed by atoms with Gasteiger partial charge >= 0.3 is 12.1 Å². The van der Waals surface area contributed by atoms with Crippen molar-refractivity contribution in [3.8, 4) is 0 Å². The van der Waals surface area contributed by atoms with Gasteiger partial charge in [0.15, 0.2) is 0 Å². The molecule has 2 aromatic carbocycles. The van der Waals surface area contributed by atoms with Crippen LogP contribution in [0.2, 0.25) is 0 Å². The summed E-state index contributed by atoms with van der Waals surface area (Å²) in [5, 5.41) is 2.34. The van der Waals surface area contributed by atoms with Crippen molar-refractivity contribution in [2.24, 2.45) is 0 Å². The fourth-order valence-electron chi connectivity index (χ4n) is 2.40. The number of halogens is 4. The molecule has 8 heteroatoms. The van der Waals surface area contributed by atoms with Crippen LogP contribution in [0.25, 0.3) is 0 Å². The second kappa shape index (κ2) is 8.35. The third-order valence-corrected chi connectivity index (χ3v) is 4.09. The summed E-state index contributed by atoms with van der Waals surface area (Å²) in [5.74, 6) is -1.74. The fraction of sp³-hybridized carbons (Fsp3) is 0.222. The normalized spacial score (nSPS) is 12.3. The molecule has 0 radical (unpaired) electrons. The van der Waals surface area contributed by atoms with Crippen LogP contribution in [0, 0.1) is 0 Å². The van der Waals surface area contributed by atoms with Crippen LogP contribution >= 0.6 is 15.9 Å². The van der Waals surface area contributed by atoms with Crippen molar-refractivity contribution in [2.45, 2.75) is 18.6 Å². The van der Waals surface area contributed by atoms with Gasteiger partial charge in [0.1, 0.15) is 6.04 Å². The zero-order chi connectivity index (χ0) is 19.3. The molecule has 0 spiro atoms. The number of esters is 1. The molecule has 2 rings (SSSR count). The molecule has 0 aliphatic carbocycles. The van der Waals surface area contributed by atoms with Crippen LogP contribution in [0.15, 0.2) is 53.0 Å². The summed E-state index contributed by atoms with van der Waals surface area (Å²) in [6, 6.07) is 10.3. The number of nitrogens with one attached hydrogen (secondary N) is 1. The van der Waals surface area contributed by atoms with Crippen molar-refractivity contribution in [3.63, 3.8) is 0 Å². The summed E-state index contributed by atoms with van der Waals surface area (Å²) < 4.78 is 44.7. The number of hydrogen-bond donors (Lipinski definition) is 1. The topological polar surface area (TPSA) is 55.4 Å². The summed E-state index contributed by atoms with van der Waals surface area (Å²) in [6.07, 6.45) is -4.61. The van der Waals surface area contributed by atoms with Gasteiger partial charge in [0.25, 0.3) is 5.91 Å². The number of rotatable bonds is 5. The van der Waals surface area contributed by atoms with Crippen molar-refractivity contribution in [2.75, 3.05) is 7.11 Å². The van der Waals surface area contributed by atoms with Crippen LogP contribution in [-0.2, 0) is 22.1 Å². The molecule has 0 aliphatic heterocycles. The molecule has 4 nitrogen and oxygen atoms in total. The minimum absolute atomic E-state index is 0.0754. The lowest BCUT2D eigenvalue weighted by atomic mass is 10.0. The maximum atomic E-state index is 13.1. The van der Waals surface area contributed by atoms with Gasteiger partial charge in [-0.15, -0.1) is 0 Å². The van der Waals surface area contributed by atoms with Gasteiger partial charge in [-0.05, 0) is 29.8 Å². The molecular weight excluding hydrogens is 415 g/mol. The lowest BCUT2D eigenvalue weighted by Crippen LogP contribution is -2.43. The summed E-state index contributed by atoms with van der Waals surface area (Å²) >= 11 is 3.30. The second-order valence-corrected chi connectivity index (χ2v) is 6.34. The van der Waals surface area contributed by atoms with Crippen molar-refractivity contribution in [1.82, 2.24) is 5.32 Å². The molecule has 2 aromatic rings. The van der Waals surface area contributed by atoms with Crippen molar-refractivity contribution in [1.29, 1.82) is 0 Å². The molecule has 0 heterocycles. The molecule has 0 aliphatic rings. The van der Waals surface area contributed by atoms with E-state index in [1.165, 1.54) is 12.1 Å². The lowest BCUT2D eigenvalue weighted by molar-refractivity contribution is -0.142. The highest BCUT2D eigenvalue weighted by Crippen LogP contribution is 2.31. The quantitative estimate of drug-likeness (QED) is 0.731. The van der Waals surface area contributed by atoms with E-state index in [4.69, 9.17) is 0 Å². The average Bonchev–Trinajstić information content (AvgIpc) is 2.59. The van der Waals surface area contributed by atoms with E-state index in [0.29, 0.717) is 5.56 Å². The van der Waals surface area contributed by atoms with E-state index in [-0.39, 0.29) is 6.42 Å². The minimum atomic E-state index is -4.68. The van der Waals surface area contributed by atoms with E-state index < -0.39 is 35.2 Å². The van der Waals surface area contributed by atoms with Crippen LogP contribution < -0.4 is 5.32 Å². The highest BCUT2D eigenvalue weighted by molar-refractivity contribution is 9.10. The van der Waals surface area contributed by atoms with E-state index in [0.717, 1.165) is 23.7 Å². The number of carbonyl (C=O) groups excluding carboxylic acids is 2. The van der Waals surface area contributed by atoms with Gasteiger partial charge in [0.05, 0.1) is 18.2 Å². The summed E-state index contributed by atoms with van der Waals surface area (Å²) in [5.41, 5.74) is -0.911. The van der Waals surface area contributed by atoms with E-state index in [1.807, 2.05) is 0 Å². The standard InChI is InChI=1S/C18H15BrF3NO3/c1-26-17(25)15(10-11-5-4-6-12(19)9-11)23-16(24)13-7-2-3-8-14(13)18(20,21)22/h2-9,15H,10H2,1H3,(H,23,24)/t15-/m1/s1. The zero-order valence-electron chi connectivity index (χ0n) is 13.6. The molecule has 1 atom stereocenters. The predicted molar refractivity (Wildman–Crippen MR) is 92.6 cm³/mol. The third-order valence-electron chi connectivity index (χ3n) is 3.60. The Morgan fingerprint density at radius 1 is 1.15 bits per heavy atom. The lowest BCUT2D eigenvalue weighted by Gasteiger charge is -2.18. The largest absolute Gasteiger partial charge is 0.467 e. The molecule has 0 unspecified atom stereocenters. The Morgan fingerprint density at radius 2 is 1.85 bits per heavy atom. The van der Waals surface area contributed by atoms with E-state index in [1.54, 1.807) is 24.3 Å². The van der Waals surface area contributed by atoms with E-state index in [2.05, 4.69) is 26.0 Å². The molecule has 0 bridgehead atoms. The predicted octanol–water partition coefficient (Wildman–Crippen LogP) is 3.98. The number of amides is 1. The van der Waals surface area contributed by atoms with Crippen molar-refractivity contribution in [3.05, 3.63) is 69.7 Å². The Kier molecular flexibility index (Phi) is 6.42. The molecule has 1 amide bonds. The van der Waals surface area contributed by atoms with Gasteiger partial charge in [-0.1, -0.05) is 40.2 Å². The maximum absolute atomic E-state index is 13.1. The van der Waals surface area contributed by atoms with E-state index >= 15 is 0 Å². The zero-order valence-corrected chi connectivity index (χ0v) is 15.2. The van der Waals surface area contributed by atoms with Gasteiger partial charge in [0, 0.05) is 10.9 Å². The first-order valence-electron chi connectivity index (χ1n) is 7.51. The molecule has 0 saturated heterocycles. The Morgan fingerprint density at radius 3 is 2.46 bits per heavy atom. The number of methoxy groups -OCH3 is 1. The minimum Gasteiger partial charge on any atom is -0.467 e.